The van der Waals surface area contributed by atoms with Crippen LogP contribution in [-0.4, -0.2) is 21.2 Å². The Hall–Kier alpha value is -3.74. The number of nitrogens with one attached hydrogen (secondary N) is 1. The number of ketones is 1. The number of fused-ring (bicyclic) bond motifs is 1. The Labute approximate surface area is 172 Å². The second-order valence-electron chi connectivity index (χ2n) is 7.41. The van der Waals surface area contributed by atoms with E-state index in [1.807, 2.05) is 0 Å². The van der Waals surface area contributed by atoms with Crippen LogP contribution < -0.4 is 10.7 Å². The van der Waals surface area contributed by atoms with Crippen molar-refractivity contribution in [3.05, 3.63) is 87.1 Å². The van der Waals surface area contributed by atoms with Gasteiger partial charge in [-0.1, -0.05) is 12.1 Å². The largest absolute Gasteiger partial charge is 0.461 e. The van der Waals surface area contributed by atoms with Crippen molar-refractivity contribution < 1.29 is 14.0 Å². The number of dihydropyridines is 1. The lowest BCUT2D eigenvalue weighted by Gasteiger charge is -2.31. The molecule has 0 unspecified atom stereocenters. The van der Waals surface area contributed by atoms with Gasteiger partial charge >= 0.3 is 0 Å². The van der Waals surface area contributed by atoms with Crippen molar-refractivity contribution in [3.63, 3.8) is 0 Å². The molecule has 0 saturated carbocycles. The molecule has 1 aliphatic rings. The van der Waals surface area contributed by atoms with E-state index in [4.69, 9.17) is 4.42 Å². The fourth-order valence-corrected chi connectivity index (χ4v) is 4.12. The SMILES string of the molecule is CC(=O)C1=C(C)NC(C)=C(C(=O)n2ccnc2)[C@@H]1c1cccc2c(=O)cc(C)oc12. The highest BCUT2D eigenvalue weighted by atomic mass is 16.3. The van der Waals surface area contributed by atoms with E-state index < -0.39 is 5.92 Å². The number of carbonyl (C=O) groups excluding carboxylic acids is 2. The Bertz CT molecular complexity index is 1310. The lowest BCUT2D eigenvalue weighted by Crippen LogP contribution is -2.32. The molecule has 1 atom stereocenters. The predicted molar refractivity (Wildman–Crippen MR) is 112 cm³/mol. The number of aryl methyl sites for hydroxylation is 1. The molecule has 0 aliphatic carbocycles. The van der Waals surface area contributed by atoms with E-state index >= 15 is 0 Å². The van der Waals surface area contributed by atoms with Gasteiger partial charge in [-0.05, 0) is 33.8 Å². The lowest BCUT2D eigenvalue weighted by molar-refractivity contribution is -0.113. The van der Waals surface area contributed by atoms with Gasteiger partial charge in [-0.25, -0.2) is 4.98 Å². The number of rotatable bonds is 3. The van der Waals surface area contributed by atoms with Crippen LogP contribution in [0.25, 0.3) is 11.0 Å². The summed E-state index contributed by atoms with van der Waals surface area (Å²) < 4.78 is 7.31. The molecular weight excluding hydrogens is 382 g/mol. The van der Waals surface area contributed by atoms with Crippen LogP contribution in [0.1, 0.15) is 42.8 Å². The van der Waals surface area contributed by atoms with E-state index in [9.17, 15) is 14.4 Å². The molecule has 0 amide bonds. The van der Waals surface area contributed by atoms with E-state index in [1.54, 1.807) is 45.2 Å². The Morgan fingerprint density at radius 1 is 1.13 bits per heavy atom. The molecule has 1 aromatic carbocycles. The molecule has 152 valence electrons. The summed E-state index contributed by atoms with van der Waals surface area (Å²) in [4.78, 5) is 42.6. The molecule has 7 heteroatoms. The van der Waals surface area contributed by atoms with Crippen molar-refractivity contribution in [3.8, 4) is 0 Å². The van der Waals surface area contributed by atoms with Gasteiger partial charge < -0.3 is 9.73 Å². The average Bonchev–Trinajstić information content (AvgIpc) is 3.21. The van der Waals surface area contributed by atoms with Gasteiger partial charge in [0.2, 0.25) is 0 Å². The fraction of sp³-hybridized carbons (Fsp3) is 0.217. The third-order valence-electron chi connectivity index (χ3n) is 5.33. The van der Waals surface area contributed by atoms with Gasteiger partial charge in [0.15, 0.2) is 11.2 Å². The first-order valence-corrected chi connectivity index (χ1v) is 9.55. The highest BCUT2D eigenvalue weighted by Gasteiger charge is 2.37. The molecular formula is C23H21N3O4. The van der Waals surface area contributed by atoms with Crippen molar-refractivity contribution in [1.29, 1.82) is 0 Å². The van der Waals surface area contributed by atoms with Crippen LogP contribution in [-0.2, 0) is 4.79 Å². The van der Waals surface area contributed by atoms with Gasteiger partial charge in [-0.2, -0.15) is 0 Å². The van der Waals surface area contributed by atoms with Crippen LogP contribution in [0.15, 0.2) is 74.7 Å². The minimum absolute atomic E-state index is 0.166. The van der Waals surface area contributed by atoms with Crippen LogP contribution >= 0.6 is 0 Å². The highest BCUT2D eigenvalue weighted by molar-refractivity contribution is 6.05. The van der Waals surface area contributed by atoms with E-state index in [0.29, 0.717) is 44.8 Å². The van der Waals surface area contributed by atoms with Crippen molar-refractivity contribution >= 4 is 22.7 Å². The van der Waals surface area contributed by atoms with Crippen LogP contribution in [0.5, 0.6) is 0 Å². The monoisotopic (exact) mass is 403 g/mol. The predicted octanol–water partition coefficient (Wildman–Crippen LogP) is 3.46. The quantitative estimate of drug-likeness (QED) is 0.720. The zero-order chi connectivity index (χ0) is 21.6. The standard InChI is InChI=1S/C23H21N3O4/c1-12-10-18(28)16-6-5-7-17(22(16)30-12)21-19(15(4)27)13(2)25-14(3)20(21)23(29)26-9-8-24-11-26/h5-11,21,25H,1-4H3/t21-/m1/s1. The number of hydrogen-bond donors (Lipinski definition) is 1. The molecule has 0 spiro atoms. The summed E-state index contributed by atoms with van der Waals surface area (Å²) in [7, 11) is 0. The Morgan fingerprint density at radius 3 is 2.53 bits per heavy atom. The van der Waals surface area contributed by atoms with E-state index in [2.05, 4.69) is 10.3 Å². The topological polar surface area (TPSA) is 94.2 Å². The van der Waals surface area contributed by atoms with E-state index in [0.717, 1.165) is 0 Å². The first-order valence-electron chi connectivity index (χ1n) is 9.55. The maximum Gasteiger partial charge on any atom is 0.261 e. The number of imidazole rings is 1. The Kier molecular flexibility index (Phi) is 4.73. The van der Waals surface area contributed by atoms with Crippen LogP contribution in [0.3, 0.4) is 0 Å². The van der Waals surface area contributed by atoms with Crippen LogP contribution in [0.2, 0.25) is 0 Å². The van der Waals surface area contributed by atoms with Gasteiger partial charge in [0.25, 0.3) is 5.91 Å². The molecule has 0 saturated heterocycles. The molecule has 3 heterocycles. The first kappa shape index (κ1) is 19.6. The summed E-state index contributed by atoms with van der Waals surface area (Å²) in [6, 6.07) is 6.66. The molecule has 0 fully saturated rings. The maximum atomic E-state index is 13.4. The summed E-state index contributed by atoms with van der Waals surface area (Å²) in [5.41, 5.74) is 2.97. The second kappa shape index (κ2) is 7.26. The summed E-state index contributed by atoms with van der Waals surface area (Å²) >= 11 is 0. The van der Waals surface area contributed by atoms with E-state index in [-0.39, 0.29) is 17.1 Å². The molecule has 4 rings (SSSR count). The summed E-state index contributed by atoms with van der Waals surface area (Å²) in [6.45, 7) is 6.77. The number of Topliss-reactive ketones (excluding diaryl/α,β-unsaturated/α-hetero) is 1. The molecule has 0 bridgehead atoms. The van der Waals surface area contributed by atoms with Crippen LogP contribution in [0, 0.1) is 6.92 Å². The average molecular weight is 403 g/mol. The van der Waals surface area contributed by atoms with Gasteiger partial charge in [-0.15, -0.1) is 0 Å². The number of benzene rings is 1. The molecule has 2 aromatic heterocycles. The van der Waals surface area contributed by atoms with Gasteiger partial charge in [-0.3, -0.25) is 19.0 Å². The number of carbonyl (C=O) groups is 2. The summed E-state index contributed by atoms with van der Waals surface area (Å²) in [5, 5.41) is 3.57. The molecule has 7 nitrogen and oxygen atoms in total. The van der Waals surface area contributed by atoms with Crippen molar-refractivity contribution in [2.24, 2.45) is 0 Å². The minimum Gasteiger partial charge on any atom is -0.461 e. The third kappa shape index (κ3) is 3.08. The molecule has 0 radical (unpaired) electrons. The molecule has 3 aromatic rings. The first-order chi connectivity index (χ1) is 14.3. The minimum atomic E-state index is -0.688. The van der Waals surface area contributed by atoms with Crippen LogP contribution in [0.4, 0.5) is 0 Å². The highest BCUT2D eigenvalue weighted by Crippen LogP contribution is 2.41. The third-order valence-corrected chi connectivity index (χ3v) is 5.33. The zero-order valence-electron chi connectivity index (χ0n) is 17.1. The Morgan fingerprint density at radius 2 is 1.87 bits per heavy atom. The smallest absolute Gasteiger partial charge is 0.261 e. The van der Waals surface area contributed by atoms with Gasteiger partial charge in [0.1, 0.15) is 17.7 Å². The summed E-state index contributed by atoms with van der Waals surface area (Å²) in [5.74, 6) is -0.698. The maximum absolute atomic E-state index is 13.4. The molecule has 30 heavy (non-hydrogen) atoms. The molecule has 1 aliphatic heterocycles. The Balaban J connectivity index is 2.05. The number of aromatic nitrogens is 2. The summed E-state index contributed by atoms with van der Waals surface area (Å²) in [6.07, 6.45) is 4.50. The van der Waals surface area contributed by atoms with Crippen molar-refractivity contribution in [2.75, 3.05) is 0 Å². The van der Waals surface area contributed by atoms with E-state index in [1.165, 1.54) is 30.1 Å². The van der Waals surface area contributed by atoms with Crippen molar-refractivity contribution in [1.82, 2.24) is 14.9 Å². The van der Waals surface area contributed by atoms with Crippen molar-refractivity contribution in [2.45, 2.75) is 33.6 Å². The number of allylic oxidation sites excluding steroid dienone is 4. The number of hydrogen-bond acceptors (Lipinski definition) is 6. The number of para-hydroxylation sites is 1. The number of nitrogens with zero attached hydrogens (tertiary/aromatic N) is 2. The lowest BCUT2D eigenvalue weighted by atomic mass is 9.78. The fourth-order valence-electron chi connectivity index (χ4n) is 4.12. The van der Waals surface area contributed by atoms with Gasteiger partial charge in [0.05, 0.1) is 11.3 Å². The second-order valence-corrected chi connectivity index (χ2v) is 7.41. The normalized spacial score (nSPS) is 16.7. The van der Waals surface area contributed by atoms with Gasteiger partial charge in [0, 0.05) is 46.6 Å². The molecule has 1 N–H and O–H groups in total. The zero-order valence-corrected chi connectivity index (χ0v) is 17.1.